The molecule has 1 amide bonds. The first-order chi connectivity index (χ1) is 10.5. The molecule has 0 aliphatic carbocycles. The van der Waals surface area contributed by atoms with E-state index in [1.807, 2.05) is 30.3 Å². The van der Waals surface area contributed by atoms with Gasteiger partial charge >= 0.3 is 0 Å². The molecular formula is C17H23NOS. The zero-order valence-electron chi connectivity index (χ0n) is 13.8. The van der Waals surface area contributed by atoms with Gasteiger partial charge < -0.3 is 4.90 Å². The van der Waals surface area contributed by atoms with E-state index in [0.717, 1.165) is 32.1 Å². The highest BCUT2D eigenvalue weighted by Crippen LogP contribution is 2.15. The normalized spacial score (nSPS) is 18.2. The highest BCUT2D eigenvalue weighted by atomic mass is 32.1. The van der Waals surface area contributed by atoms with Gasteiger partial charge in [0, 0.05) is 15.7 Å². The average Bonchev–Trinajstić information content (AvgIpc) is 2.72. The van der Waals surface area contributed by atoms with Gasteiger partial charge in [-0.05, 0) is 44.1 Å². The van der Waals surface area contributed by atoms with E-state index < -0.39 is 12.3 Å². The number of benzene rings is 1. The Kier molecular flexibility index (Phi) is 5.10. The van der Waals surface area contributed by atoms with Gasteiger partial charge in [0.2, 0.25) is 5.91 Å². The Bertz CT molecular complexity index is 519. The molecule has 0 atom stereocenters. The number of amides is 1. The van der Waals surface area contributed by atoms with Gasteiger partial charge in [0.1, 0.15) is 0 Å². The van der Waals surface area contributed by atoms with Crippen LogP contribution >= 0.6 is 12.2 Å². The van der Waals surface area contributed by atoms with Gasteiger partial charge in [-0.1, -0.05) is 49.0 Å². The van der Waals surface area contributed by atoms with Crippen LogP contribution in [0.5, 0.6) is 0 Å². The predicted octanol–water partition coefficient (Wildman–Crippen LogP) is 4.13. The first-order valence-electron chi connectivity index (χ1n) is 8.39. The maximum Gasteiger partial charge on any atom is 0.227 e. The number of rotatable bonds is 5. The average molecular weight is 291 g/mol. The van der Waals surface area contributed by atoms with E-state index in [-0.39, 0.29) is 6.42 Å². The Morgan fingerprint density at radius 1 is 1.20 bits per heavy atom. The van der Waals surface area contributed by atoms with Crippen molar-refractivity contribution in [2.75, 3.05) is 6.54 Å². The fraction of sp³-hybridized carbons (Fsp3) is 0.529. The molecule has 0 saturated carbocycles. The zero-order chi connectivity index (χ0) is 16.0. The molecule has 0 N–H and O–H groups in total. The first kappa shape index (κ1) is 12.5. The Balaban J connectivity index is 1.90. The topological polar surface area (TPSA) is 20.3 Å². The standard InChI is InChI=1S/C17H23NOS/c19-16(18-14-8-2-5-13-17(18)20)12-7-6-11-15-9-3-1-4-10-15/h1,3-4,9-10H,2,5-8,11-14H2/i12D2. The number of nitrogens with zero attached hydrogens (tertiary/aromatic N) is 1. The largest absolute Gasteiger partial charge is 0.307 e. The SMILES string of the molecule is [2H]C([2H])(CCCc1ccccc1)C(=O)N1CCCCCC1=S. The Hall–Kier alpha value is -1.22. The van der Waals surface area contributed by atoms with E-state index in [1.165, 1.54) is 10.5 Å². The Labute approximate surface area is 130 Å². The molecule has 0 spiro atoms. The molecule has 1 aliphatic heterocycles. The van der Waals surface area contributed by atoms with Crippen molar-refractivity contribution in [3.63, 3.8) is 0 Å². The number of aryl methyl sites for hydroxylation is 1. The quantitative estimate of drug-likeness (QED) is 0.760. The molecule has 1 fully saturated rings. The Morgan fingerprint density at radius 2 is 2.00 bits per heavy atom. The van der Waals surface area contributed by atoms with E-state index in [2.05, 4.69) is 0 Å². The van der Waals surface area contributed by atoms with Gasteiger partial charge in [-0.25, -0.2) is 0 Å². The van der Waals surface area contributed by atoms with Crippen LogP contribution in [-0.2, 0) is 11.2 Å². The molecule has 0 radical (unpaired) electrons. The number of thiocarbonyl (C=S) groups is 1. The van der Waals surface area contributed by atoms with E-state index in [9.17, 15) is 4.79 Å². The van der Waals surface area contributed by atoms with Gasteiger partial charge in [-0.2, -0.15) is 0 Å². The summed E-state index contributed by atoms with van der Waals surface area (Å²) < 4.78 is 16.2. The molecule has 2 nitrogen and oxygen atoms in total. The van der Waals surface area contributed by atoms with Crippen molar-refractivity contribution in [3.05, 3.63) is 35.9 Å². The molecule has 1 heterocycles. The molecule has 3 heteroatoms. The second-order valence-electron chi connectivity index (χ2n) is 5.18. The highest BCUT2D eigenvalue weighted by Gasteiger charge is 2.19. The summed E-state index contributed by atoms with van der Waals surface area (Å²) >= 11 is 5.29. The highest BCUT2D eigenvalue weighted by molar-refractivity contribution is 7.80. The number of hydrogen-bond acceptors (Lipinski definition) is 2. The van der Waals surface area contributed by atoms with Crippen LogP contribution in [0.4, 0.5) is 0 Å². The van der Waals surface area contributed by atoms with Crippen LogP contribution in [0.1, 0.15) is 53.2 Å². The van der Waals surface area contributed by atoms with Crippen molar-refractivity contribution >= 4 is 23.1 Å². The fourth-order valence-electron chi connectivity index (χ4n) is 2.43. The molecule has 1 aliphatic rings. The van der Waals surface area contributed by atoms with Crippen molar-refractivity contribution in [2.24, 2.45) is 0 Å². The summed E-state index contributed by atoms with van der Waals surface area (Å²) in [7, 11) is 0. The summed E-state index contributed by atoms with van der Waals surface area (Å²) in [6, 6.07) is 9.98. The summed E-state index contributed by atoms with van der Waals surface area (Å²) in [5.74, 6) is -0.451. The molecular weight excluding hydrogens is 266 g/mol. The number of hydrogen-bond donors (Lipinski definition) is 0. The van der Waals surface area contributed by atoms with Gasteiger partial charge in [-0.3, -0.25) is 4.79 Å². The van der Waals surface area contributed by atoms with Gasteiger partial charge in [0.25, 0.3) is 0 Å². The summed E-state index contributed by atoms with van der Waals surface area (Å²) in [4.78, 5) is 14.6. The molecule has 2 rings (SSSR count). The molecule has 1 aromatic rings. The molecule has 20 heavy (non-hydrogen) atoms. The molecule has 1 aromatic carbocycles. The minimum absolute atomic E-state index is 0.236. The van der Waals surface area contributed by atoms with Crippen LogP contribution in [0.2, 0.25) is 0 Å². The van der Waals surface area contributed by atoms with E-state index in [1.54, 1.807) is 0 Å². The van der Waals surface area contributed by atoms with Crippen molar-refractivity contribution in [1.29, 1.82) is 0 Å². The van der Waals surface area contributed by atoms with Crippen LogP contribution < -0.4 is 0 Å². The van der Waals surface area contributed by atoms with Crippen LogP contribution in [0.25, 0.3) is 0 Å². The van der Waals surface area contributed by atoms with Crippen molar-refractivity contribution < 1.29 is 7.54 Å². The molecule has 1 saturated heterocycles. The molecule has 0 unspecified atom stereocenters. The van der Waals surface area contributed by atoms with E-state index in [0.29, 0.717) is 18.0 Å². The maximum atomic E-state index is 12.5. The summed E-state index contributed by atoms with van der Waals surface area (Å²) in [6.45, 7) is 0.565. The minimum Gasteiger partial charge on any atom is -0.307 e. The van der Waals surface area contributed by atoms with E-state index in [4.69, 9.17) is 15.0 Å². The van der Waals surface area contributed by atoms with Gasteiger partial charge in [-0.15, -0.1) is 0 Å². The van der Waals surface area contributed by atoms with Gasteiger partial charge in [0.05, 0.1) is 4.99 Å². The number of carbonyl (C=O) groups is 1. The van der Waals surface area contributed by atoms with Crippen molar-refractivity contribution in [1.82, 2.24) is 4.90 Å². The van der Waals surface area contributed by atoms with Gasteiger partial charge in [0.15, 0.2) is 0 Å². The van der Waals surface area contributed by atoms with Crippen LogP contribution in [-0.4, -0.2) is 22.3 Å². The minimum atomic E-state index is -1.83. The molecule has 0 aromatic heterocycles. The lowest BCUT2D eigenvalue weighted by atomic mass is 10.1. The fourth-order valence-corrected chi connectivity index (χ4v) is 2.74. The maximum absolute atomic E-state index is 12.5. The zero-order valence-corrected chi connectivity index (χ0v) is 12.6. The van der Waals surface area contributed by atoms with Crippen LogP contribution in [0, 0.1) is 0 Å². The lowest BCUT2D eigenvalue weighted by Crippen LogP contribution is -2.35. The van der Waals surface area contributed by atoms with E-state index >= 15 is 0 Å². The smallest absolute Gasteiger partial charge is 0.227 e. The molecule has 108 valence electrons. The Morgan fingerprint density at radius 3 is 2.80 bits per heavy atom. The summed E-state index contributed by atoms with van der Waals surface area (Å²) in [6.07, 6.45) is 3.54. The van der Waals surface area contributed by atoms with Crippen LogP contribution in [0.15, 0.2) is 30.3 Å². The third-order valence-corrected chi connectivity index (χ3v) is 4.00. The second-order valence-corrected chi connectivity index (χ2v) is 5.65. The van der Waals surface area contributed by atoms with Crippen LogP contribution in [0.3, 0.4) is 0 Å². The summed E-state index contributed by atoms with van der Waals surface area (Å²) in [5.41, 5.74) is 1.18. The predicted molar refractivity (Wildman–Crippen MR) is 86.8 cm³/mol. The second kappa shape index (κ2) is 8.15. The number of likely N-dealkylation sites (tertiary alicyclic amines) is 1. The van der Waals surface area contributed by atoms with Crippen molar-refractivity contribution in [2.45, 2.75) is 51.3 Å². The lowest BCUT2D eigenvalue weighted by molar-refractivity contribution is -0.127. The summed E-state index contributed by atoms with van der Waals surface area (Å²) in [5, 5.41) is 0. The van der Waals surface area contributed by atoms with Crippen molar-refractivity contribution in [3.8, 4) is 0 Å². The molecule has 0 bridgehead atoms. The first-order valence-corrected chi connectivity index (χ1v) is 7.80. The number of carbonyl (C=O) groups excluding carboxylic acids is 1. The lowest BCUT2D eigenvalue weighted by Gasteiger charge is -2.20. The monoisotopic (exact) mass is 291 g/mol. The third-order valence-electron chi connectivity index (χ3n) is 3.58. The third kappa shape index (κ3) is 4.71.